The van der Waals surface area contributed by atoms with Crippen LogP contribution in [0.3, 0.4) is 0 Å². The van der Waals surface area contributed by atoms with Gasteiger partial charge in [0.05, 0.1) is 11.7 Å². The molecule has 1 atom stereocenters. The number of nitrogens with zero attached hydrogens (tertiary/aromatic N) is 2. The third-order valence-corrected chi connectivity index (χ3v) is 3.55. The van der Waals surface area contributed by atoms with Crippen molar-refractivity contribution in [1.29, 1.82) is 0 Å². The van der Waals surface area contributed by atoms with Crippen LogP contribution in [0.5, 0.6) is 0 Å². The van der Waals surface area contributed by atoms with Crippen molar-refractivity contribution < 1.29 is 4.79 Å². The zero-order chi connectivity index (χ0) is 13.8. The fraction of sp³-hybridized carbons (Fsp3) is 0.176. The first-order valence-corrected chi connectivity index (χ1v) is 6.79. The standard InChI is InChI=1S/C17H16N2O/c20-17(10-9-14-6-2-1-3-7-14)19-13-11-16(19)15-8-4-5-12-18-15/h1-10,12,16H,11,13H2/b10-9+. The number of benzene rings is 1. The molecule has 3 rings (SSSR count). The van der Waals surface area contributed by atoms with Crippen molar-refractivity contribution in [3.05, 3.63) is 72.1 Å². The maximum absolute atomic E-state index is 12.2. The highest BCUT2D eigenvalue weighted by Gasteiger charge is 2.32. The van der Waals surface area contributed by atoms with Crippen LogP contribution in [0, 0.1) is 0 Å². The molecule has 0 spiro atoms. The van der Waals surface area contributed by atoms with E-state index in [0.717, 1.165) is 24.2 Å². The highest BCUT2D eigenvalue weighted by molar-refractivity contribution is 5.92. The number of likely N-dealkylation sites (tertiary alicyclic amines) is 1. The minimum absolute atomic E-state index is 0.0516. The van der Waals surface area contributed by atoms with E-state index in [0.29, 0.717) is 0 Å². The number of pyridine rings is 1. The summed E-state index contributed by atoms with van der Waals surface area (Å²) < 4.78 is 0. The van der Waals surface area contributed by atoms with E-state index in [1.54, 1.807) is 12.3 Å². The summed E-state index contributed by atoms with van der Waals surface area (Å²) in [5.74, 6) is 0.0516. The minimum Gasteiger partial charge on any atom is -0.330 e. The van der Waals surface area contributed by atoms with Crippen molar-refractivity contribution in [3.8, 4) is 0 Å². The molecule has 0 bridgehead atoms. The van der Waals surface area contributed by atoms with Crippen LogP contribution in [0.4, 0.5) is 0 Å². The Morgan fingerprint density at radius 1 is 1.15 bits per heavy atom. The summed E-state index contributed by atoms with van der Waals surface area (Å²) in [7, 11) is 0. The third-order valence-electron chi connectivity index (χ3n) is 3.55. The lowest BCUT2D eigenvalue weighted by atomic mass is 9.98. The Bertz CT molecular complexity index is 607. The Labute approximate surface area is 118 Å². The van der Waals surface area contributed by atoms with Gasteiger partial charge in [0, 0.05) is 18.8 Å². The molecular formula is C17H16N2O. The molecule has 0 radical (unpaired) electrons. The summed E-state index contributed by atoms with van der Waals surface area (Å²) in [6.45, 7) is 0.805. The van der Waals surface area contributed by atoms with Gasteiger partial charge < -0.3 is 4.90 Å². The van der Waals surface area contributed by atoms with Gasteiger partial charge in [-0.05, 0) is 30.2 Å². The molecule has 1 aromatic carbocycles. The SMILES string of the molecule is O=C(/C=C/c1ccccc1)N1CCC1c1ccccn1. The molecule has 1 saturated heterocycles. The molecule has 20 heavy (non-hydrogen) atoms. The maximum atomic E-state index is 12.2. The normalized spacial score (nSPS) is 18.0. The number of amides is 1. The molecule has 0 N–H and O–H groups in total. The van der Waals surface area contributed by atoms with Crippen LogP contribution in [0.1, 0.15) is 23.7 Å². The molecular weight excluding hydrogens is 248 g/mol. The Kier molecular flexibility index (Phi) is 3.59. The number of aromatic nitrogens is 1. The lowest BCUT2D eigenvalue weighted by molar-refractivity contribution is -0.133. The Morgan fingerprint density at radius 3 is 2.60 bits per heavy atom. The average molecular weight is 264 g/mol. The Hall–Kier alpha value is -2.42. The van der Waals surface area contributed by atoms with E-state index in [9.17, 15) is 4.79 Å². The van der Waals surface area contributed by atoms with E-state index in [1.807, 2.05) is 59.5 Å². The Balaban J connectivity index is 1.68. The lowest BCUT2D eigenvalue weighted by Gasteiger charge is -2.39. The van der Waals surface area contributed by atoms with E-state index >= 15 is 0 Å². The van der Waals surface area contributed by atoms with Crippen molar-refractivity contribution in [2.45, 2.75) is 12.5 Å². The first-order valence-electron chi connectivity index (χ1n) is 6.79. The van der Waals surface area contributed by atoms with Gasteiger partial charge in [-0.15, -0.1) is 0 Å². The number of rotatable bonds is 3. The summed E-state index contributed by atoms with van der Waals surface area (Å²) in [4.78, 5) is 18.4. The van der Waals surface area contributed by atoms with Crippen molar-refractivity contribution in [1.82, 2.24) is 9.88 Å². The van der Waals surface area contributed by atoms with E-state index in [4.69, 9.17) is 0 Å². The molecule has 1 aliphatic rings. The molecule has 1 unspecified atom stereocenters. The number of carbonyl (C=O) groups is 1. The largest absolute Gasteiger partial charge is 0.330 e. The number of hydrogen-bond acceptors (Lipinski definition) is 2. The summed E-state index contributed by atoms with van der Waals surface area (Å²) >= 11 is 0. The molecule has 3 nitrogen and oxygen atoms in total. The summed E-state index contributed by atoms with van der Waals surface area (Å²) in [6.07, 6.45) is 6.26. The van der Waals surface area contributed by atoms with E-state index in [1.165, 1.54) is 0 Å². The van der Waals surface area contributed by atoms with Crippen LogP contribution in [0.2, 0.25) is 0 Å². The van der Waals surface area contributed by atoms with Crippen molar-refractivity contribution >= 4 is 12.0 Å². The predicted octanol–water partition coefficient (Wildman–Crippen LogP) is 3.07. The molecule has 0 aliphatic carbocycles. The highest BCUT2D eigenvalue weighted by Crippen LogP contribution is 2.31. The molecule has 2 aromatic rings. The van der Waals surface area contributed by atoms with Crippen LogP contribution in [0.25, 0.3) is 6.08 Å². The second kappa shape index (κ2) is 5.70. The van der Waals surface area contributed by atoms with Gasteiger partial charge in [-0.3, -0.25) is 9.78 Å². The second-order valence-electron chi connectivity index (χ2n) is 4.83. The molecule has 2 heterocycles. The van der Waals surface area contributed by atoms with Crippen molar-refractivity contribution in [3.63, 3.8) is 0 Å². The fourth-order valence-corrected chi connectivity index (χ4v) is 2.36. The van der Waals surface area contributed by atoms with Gasteiger partial charge in [0.1, 0.15) is 0 Å². The second-order valence-corrected chi connectivity index (χ2v) is 4.83. The molecule has 1 amide bonds. The maximum Gasteiger partial charge on any atom is 0.247 e. The monoisotopic (exact) mass is 264 g/mol. The fourth-order valence-electron chi connectivity index (χ4n) is 2.36. The van der Waals surface area contributed by atoms with Gasteiger partial charge in [-0.1, -0.05) is 36.4 Å². The van der Waals surface area contributed by atoms with Gasteiger partial charge in [0.15, 0.2) is 0 Å². The number of hydrogen-bond donors (Lipinski definition) is 0. The third kappa shape index (κ3) is 2.62. The Morgan fingerprint density at radius 2 is 1.95 bits per heavy atom. The summed E-state index contributed by atoms with van der Waals surface area (Å²) in [5.41, 5.74) is 2.01. The van der Waals surface area contributed by atoms with Gasteiger partial charge in [-0.25, -0.2) is 0 Å². The van der Waals surface area contributed by atoms with Crippen LogP contribution >= 0.6 is 0 Å². The van der Waals surface area contributed by atoms with Crippen LogP contribution in [-0.4, -0.2) is 22.3 Å². The van der Waals surface area contributed by atoms with Crippen molar-refractivity contribution in [2.75, 3.05) is 6.54 Å². The molecule has 3 heteroatoms. The first-order chi connectivity index (χ1) is 9.84. The summed E-state index contributed by atoms with van der Waals surface area (Å²) in [6, 6.07) is 15.8. The highest BCUT2D eigenvalue weighted by atomic mass is 16.2. The van der Waals surface area contributed by atoms with Gasteiger partial charge in [0.2, 0.25) is 5.91 Å². The van der Waals surface area contributed by atoms with Gasteiger partial charge in [-0.2, -0.15) is 0 Å². The quantitative estimate of drug-likeness (QED) is 0.798. The minimum atomic E-state index is 0.0516. The average Bonchev–Trinajstić information content (AvgIpc) is 2.46. The van der Waals surface area contributed by atoms with Crippen LogP contribution < -0.4 is 0 Å². The van der Waals surface area contributed by atoms with E-state index < -0.39 is 0 Å². The molecule has 100 valence electrons. The molecule has 1 aromatic heterocycles. The topological polar surface area (TPSA) is 33.2 Å². The molecule has 1 fully saturated rings. The molecule has 0 saturated carbocycles. The zero-order valence-electron chi connectivity index (χ0n) is 11.1. The van der Waals surface area contributed by atoms with E-state index in [2.05, 4.69) is 4.98 Å². The van der Waals surface area contributed by atoms with Crippen LogP contribution in [-0.2, 0) is 4.79 Å². The number of carbonyl (C=O) groups excluding carboxylic acids is 1. The van der Waals surface area contributed by atoms with Gasteiger partial charge >= 0.3 is 0 Å². The van der Waals surface area contributed by atoms with Gasteiger partial charge in [0.25, 0.3) is 0 Å². The van der Waals surface area contributed by atoms with Crippen LogP contribution in [0.15, 0.2) is 60.8 Å². The molecule has 1 aliphatic heterocycles. The van der Waals surface area contributed by atoms with E-state index in [-0.39, 0.29) is 11.9 Å². The van der Waals surface area contributed by atoms with Crippen molar-refractivity contribution in [2.24, 2.45) is 0 Å². The zero-order valence-corrected chi connectivity index (χ0v) is 11.1. The predicted molar refractivity (Wildman–Crippen MR) is 78.8 cm³/mol. The lowest BCUT2D eigenvalue weighted by Crippen LogP contribution is -2.44. The summed E-state index contributed by atoms with van der Waals surface area (Å²) in [5, 5.41) is 0. The first kappa shape index (κ1) is 12.6. The smallest absolute Gasteiger partial charge is 0.247 e.